The van der Waals surface area contributed by atoms with E-state index >= 15 is 0 Å². The number of aliphatic hydroxyl groups excluding tert-OH is 1. The molecule has 9 nitrogen and oxygen atoms in total. The van der Waals surface area contributed by atoms with Crippen LogP contribution >= 0.6 is 0 Å². The zero-order valence-electron chi connectivity index (χ0n) is 20.7. The lowest BCUT2D eigenvalue weighted by molar-refractivity contribution is 0.100. The Morgan fingerprint density at radius 2 is 1.95 bits per heavy atom. The summed E-state index contributed by atoms with van der Waals surface area (Å²) in [5, 5.41) is 14.2. The summed E-state index contributed by atoms with van der Waals surface area (Å²) in [7, 11) is 1.62. The number of para-hydroxylation sites is 1. The third kappa shape index (κ3) is 5.83. The minimum Gasteiger partial charge on any atom is -0.384 e. The van der Waals surface area contributed by atoms with Gasteiger partial charge in [0.25, 0.3) is 11.5 Å². The number of pyridine rings is 1. The van der Waals surface area contributed by atoms with Crippen LogP contribution in [-0.4, -0.2) is 38.2 Å². The fourth-order valence-electron chi connectivity index (χ4n) is 3.82. The van der Waals surface area contributed by atoms with E-state index in [9.17, 15) is 9.59 Å². The van der Waals surface area contributed by atoms with Crippen LogP contribution in [0.3, 0.4) is 0 Å². The monoisotopic (exact) mass is 496 g/mol. The van der Waals surface area contributed by atoms with E-state index in [1.807, 2.05) is 61.5 Å². The van der Waals surface area contributed by atoms with Crippen molar-refractivity contribution < 1.29 is 9.90 Å². The fraction of sp³-hybridized carbons (Fsp3) is 0.143. The lowest BCUT2D eigenvalue weighted by atomic mass is 10.0. The summed E-state index contributed by atoms with van der Waals surface area (Å²) in [6.07, 6.45) is 3.67. The molecule has 0 unspecified atom stereocenters. The van der Waals surface area contributed by atoms with Crippen molar-refractivity contribution in [3.05, 3.63) is 94.4 Å². The van der Waals surface area contributed by atoms with Gasteiger partial charge in [0.05, 0.1) is 5.39 Å². The molecule has 1 amide bonds. The number of aryl methyl sites for hydroxylation is 2. The van der Waals surface area contributed by atoms with Crippen molar-refractivity contribution in [1.29, 1.82) is 0 Å². The molecule has 0 saturated carbocycles. The molecule has 0 aliphatic heterocycles. The predicted molar refractivity (Wildman–Crippen MR) is 147 cm³/mol. The van der Waals surface area contributed by atoms with Crippen LogP contribution in [0.2, 0.25) is 0 Å². The number of nitrogens with zero attached hydrogens (tertiary/aromatic N) is 4. The smallest absolute Gasteiger partial charge is 0.264 e. The Kier molecular flexibility index (Phi) is 8.76. The number of allylic oxidation sites excluding steroid dienone is 1. The summed E-state index contributed by atoms with van der Waals surface area (Å²) >= 11 is 0. The molecule has 2 aromatic heterocycles. The molecule has 0 fully saturated rings. The molecule has 0 atom stereocenters. The molecule has 9 heteroatoms. The predicted octanol–water partition coefficient (Wildman–Crippen LogP) is 2.89. The number of nitrogens with two attached hydrogens (primary N) is 2. The molecule has 2 heterocycles. The lowest BCUT2D eigenvalue weighted by Gasteiger charge is -2.14. The number of rotatable bonds is 5. The van der Waals surface area contributed by atoms with E-state index in [1.165, 1.54) is 17.0 Å². The molecule has 0 radical (unpaired) electrons. The van der Waals surface area contributed by atoms with E-state index < -0.39 is 5.91 Å². The molecule has 5 N–H and O–H groups in total. The highest BCUT2D eigenvalue weighted by Gasteiger charge is 2.17. The number of fused-ring (bicyclic) bond motifs is 1. The summed E-state index contributed by atoms with van der Waals surface area (Å²) in [5.41, 5.74) is 13.1. The number of hydrogen-bond acceptors (Lipinski definition) is 6. The molecule has 188 valence electrons. The molecule has 2 aromatic carbocycles. The zero-order valence-corrected chi connectivity index (χ0v) is 20.7. The SMILES string of the molecule is C=C/C=N\c1c(C(N)=O)c(N)nn1C.CCc1cc2cccc(C#CCO)c2c(=O)n1-c1ccccc1. The van der Waals surface area contributed by atoms with Crippen LogP contribution in [0.1, 0.15) is 28.5 Å². The molecule has 37 heavy (non-hydrogen) atoms. The third-order valence-electron chi connectivity index (χ3n) is 5.39. The maximum Gasteiger partial charge on any atom is 0.264 e. The van der Waals surface area contributed by atoms with Crippen molar-refractivity contribution in [2.75, 3.05) is 12.3 Å². The first-order valence-corrected chi connectivity index (χ1v) is 11.4. The summed E-state index contributed by atoms with van der Waals surface area (Å²) in [6, 6.07) is 17.3. The Balaban J connectivity index is 0.000000233. The number of aliphatic hydroxyl groups is 1. The number of amides is 1. The Morgan fingerprint density at radius 1 is 1.22 bits per heavy atom. The van der Waals surface area contributed by atoms with Crippen LogP contribution in [0.5, 0.6) is 0 Å². The van der Waals surface area contributed by atoms with Gasteiger partial charge in [-0.2, -0.15) is 5.10 Å². The standard InChI is InChI=1S/C20H17NO2.C8H11N5O/c1-2-17-14-16-9-6-8-15(10-7-13-22)19(16)20(23)21(17)18-11-4-3-5-12-18;1-3-4-11-8-5(7(10)14)6(9)12-13(8)2/h3-6,8-9,11-12,14,22H,2,13H2,1H3;3-4H,1H2,2H3,(H2,9,12)(H2,10,14)/b;11-4-. The van der Waals surface area contributed by atoms with E-state index in [0.717, 1.165) is 23.2 Å². The Labute approximate surface area is 214 Å². The van der Waals surface area contributed by atoms with Crippen LogP contribution in [-0.2, 0) is 13.5 Å². The molecule has 0 bridgehead atoms. The van der Waals surface area contributed by atoms with Crippen molar-refractivity contribution >= 4 is 34.5 Å². The highest BCUT2D eigenvalue weighted by atomic mass is 16.2. The second-order valence-electron chi connectivity index (χ2n) is 7.78. The Hall–Kier alpha value is -4.94. The summed E-state index contributed by atoms with van der Waals surface area (Å²) < 4.78 is 3.13. The van der Waals surface area contributed by atoms with Gasteiger partial charge >= 0.3 is 0 Å². The first kappa shape index (κ1) is 26.7. The van der Waals surface area contributed by atoms with Gasteiger partial charge in [0.15, 0.2) is 11.6 Å². The van der Waals surface area contributed by atoms with Crippen LogP contribution in [0.4, 0.5) is 11.6 Å². The zero-order chi connectivity index (χ0) is 26.9. The summed E-state index contributed by atoms with van der Waals surface area (Å²) in [6.45, 7) is 5.27. The highest BCUT2D eigenvalue weighted by molar-refractivity contribution is 6.02. The van der Waals surface area contributed by atoms with Gasteiger partial charge in [-0.25, -0.2) is 9.67 Å². The van der Waals surface area contributed by atoms with Gasteiger partial charge in [0.2, 0.25) is 0 Å². The highest BCUT2D eigenvalue weighted by Crippen LogP contribution is 2.23. The van der Waals surface area contributed by atoms with E-state index in [1.54, 1.807) is 11.6 Å². The minimum atomic E-state index is -0.646. The van der Waals surface area contributed by atoms with Crippen LogP contribution < -0.4 is 17.0 Å². The van der Waals surface area contributed by atoms with Crippen molar-refractivity contribution in [1.82, 2.24) is 14.3 Å². The van der Waals surface area contributed by atoms with E-state index in [2.05, 4.69) is 28.5 Å². The Bertz CT molecular complexity index is 1590. The number of benzene rings is 2. The van der Waals surface area contributed by atoms with Gasteiger partial charge in [-0.3, -0.25) is 14.2 Å². The van der Waals surface area contributed by atoms with Crippen LogP contribution in [0.25, 0.3) is 16.5 Å². The molecular formula is C28H28N6O3. The third-order valence-corrected chi connectivity index (χ3v) is 5.39. The number of nitrogen functional groups attached to an aromatic ring is 1. The van der Waals surface area contributed by atoms with E-state index in [0.29, 0.717) is 16.8 Å². The summed E-state index contributed by atoms with van der Waals surface area (Å²) in [5.74, 6) is 5.27. The van der Waals surface area contributed by atoms with Gasteiger partial charge in [0.1, 0.15) is 12.2 Å². The van der Waals surface area contributed by atoms with Gasteiger partial charge in [-0.15, -0.1) is 0 Å². The number of carbonyl (C=O) groups is 1. The minimum absolute atomic E-state index is 0.0756. The molecule has 4 aromatic rings. The quantitative estimate of drug-likeness (QED) is 0.288. The number of hydrogen-bond donors (Lipinski definition) is 3. The van der Waals surface area contributed by atoms with Crippen molar-refractivity contribution in [3.63, 3.8) is 0 Å². The largest absolute Gasteiger partial charge is 0.384 e. The maximum atomic E-state index is 13.1. The number of primary amides is 1. The summed E-state index contributed by atoms with van der Waals surface area (Å²) in [4.78, 5) is 28.1. The molecule has 0 aliphatic carbocycles. The number of anilines is 1. The topological polar surface area (TPSA) is 142 Å². The number of aromatic nitrogens is 3. The van der Waals surface area contributed by atoms with Crippen LogP contribution in [0, 0.1) is 11.8 Å². The first-order chi connectivity index (χ1) is 17.8. The molecule has 0 saturated heterocycles. The second kappa shape index (κ2) is 12.2. The van der Waals surface area contributed by atoms with E-state index in [-0.39, 0.29) is 23.5 Å². The molecule has 4 rings (SSSR count). The normalized spacial score (nSPS) is 10.5. The van der Waals surface area contributed by atoms with Crippen molar-refractivity contribution in [3.8, 4) is 17.5 Å². The van der Waals surface area contributed by atoms with Gasteiger partial charge in [-0.05, 0) is 36.1 Å². The van der Waals surface area contributed by atoms with Crippen molar-refractivity contribution in [2.24, 2.45) is 17.8 Å². The van der Waals surface area contributed by atoms with Gasteiger partial charge in [-0.1, -0.05) is 61.8 Å². The molecular weight excluding hydrogens is 468 g/mol. The first-order valence-electron chi connectivity index (χ1n) is 11.4. The molecule has 0 aliphatic rings. The Morgan fingerprint density at radius 3 is 2.57 bits per heavy atom. The second-order valence-corrected chi connectivity index (χ2v) is 7.78. The van der Waals surface area contributed by atoms with Gasteiger partial charge in [0, 0.05) is 30.2 Å². The van der Waals surface area contributed by atoms with Crippen molar-refractivity contribution in [2.45, 2.75) is 13.3 Å². The average Bonchev–Trinajstić information content (AvgIpc) is 3.19. The lowest BCUT2D eigenvalue weighted by Crippen LogP contribution is -2.22. The molecule has 0 spiro atoms. The van der Waals surface area contributed by atoms with Gasteiger partial charge < -0.3 is 16.6 Å². The fourth-order valence-corrected chi connectivity index (χ4v) is 3.82. The number of aliphatic imine (C=N–C) groups is 1. The maximum absolute atomic E-state index is 13.1. The average molecular weight is 497 g/mol. The van der Waals surface area contributed by atoms with E-state index in [4.69, 9.17) is 16.6 Å². The number of carbonyl (C=O) groups excluding carboxylic acids is 1. The van der Waals surface area contributed by atoms with Crippen LogP contribution in [0.15, 0.2) is 77.0 Å².